The zero-order chi connectivity index (χ0) is 18.8. The number of halogens is 1. The fourth-order valence-electron chi connectivity index (χ4n) is 2.92. The molecule has 1 aromatic heterocycles. The summed E-state index contributed by atoms with van der Waals surface area (Å²) in [4.78, 5) is 13.8. The molecule has 4 rings (SSSR count). The lowest BCUT2D eigenvalue weighted by Crippen LogP contribution is -2.30. The van der Waals surface area contributed by atoms with Gasteiger partial charge in [0.15, 0.2) is 4.34 Å². The number of anilines is 1. The van der Waals surface area contributed by atoms with Crippen molar-refractivity contribution in [2.24, 2.45) is 0 Å². The maximum absolute atomic E-state index is 12.0. The molecule has 27 heavy (non-hydrogen) atoms. The first-order chi connectivity index (χ1) is 13.1. The highest BCUT2D eigenvalue weighted by Gasteiger charge is 2.34. The molecule has 1 aliphatic carbocycles. The van der Waals surface area contributed by atoms with E-state index in [1.54, 1.807) is 23.6 Å². The molecule has 4 nitrogen and oxygen atoms in total. The zero-order valence-electron chi connectivity index (χ0n) is 14.7. The Labute approximate surface area is 171 Å². The van der Waals surface area contributed by atoms with E-state index in [9.17, 15) is 4.79 Å². The largest absolute Gasteiger partial charge is 0.284 e. The zero-order valence-corrected chi connectivity index (χ0v) is 17.1. The first-order valence-corrected chi connectivity index (χ1v) is 10.8. The number of benzene rings is 2. The number of hydrogen-bond acceptors (Lipinski definition) is 5. The van der Waals surface area contributed by atoms with E-state index in [1.165, 1.54) is 16.9 Å². The van der Waals surface area contributed by atoms with E-state index in [0.29, 0.717) is 5.13 Å². The highest BCUT2D eigenvalue weighted by molar-refractivity contribution is 8.01. The molecule has 0 bridgehead atoms. The molecule has 1 saturated carbocycles. The smallest absolute Gasteiger partial charge is 0.225 e. The number of carbonyl (C=O) groups is 1. The third kappa shape index (κ3) is 4.34. The Balaban J connectivity index is 1.62. The molecular formula is C20H18ClN3OS2. The Bertz CT molecular complexity index is 926. The van der Waals surface area contributed by atoms with E-state index in [2.05, 4.69) is 22.3 Å². The molecule has 138 valence electrons. The van der Waals surface area contributed by atoms with Gasteiger partial charge in [0.25, 0.3) is 0 Å². The van der Waals surface area contributed by atoms with Crippen molar-refractivity contribution in [3.05, 3.63) is 70.7 Å². The van der Waals surface area contributed by atoms with Gasteiger partial charge in [-0.05, 0) is 36.1 Å². The Hall–Kier alpha value is -1.89. The quantitative estimate of drug-likeness (QED) is 0.389. The van der Waals surface area contributed by atoms with Gasteiger partial charge >= 0.3 is 0 Å². The SMILES string of the molecule is CC(=O)N(c1nnc(S[C@H](c2ccccc2)c2ccc(Cl)cc2)s1)C1CC1. The highest BCUT2D eigenvalue weighted by Crippen LogP contribution is 2.44. The van der Waals surface area contributed by atoms with E-state index in [4.69, 9.17) is 11.6 Å². The van der Waals surface area contributed by atoms with Gasteiger partial charge in [-0.15, -0.1) is 10.2 Å². The van der Waals surface area contributed by atoms with Crippen LogP contribution in [0.3, 0.4) is 0 Å². The predicted octanol–water partition coefficient (Wildman–Crippen LogP) is 5.59. The second-order valence-electron chi connectivity index (χ2n) is 6.43. The van der Waals surface area contributed by atoms with Crippen LogP contribution in [0.15, 0.2) is 58.9 Å². The topological polar surface area (TPSA) is 46.1 Å². The molecule has 3 aromatic rings. The number of carbonyl (C=O) groups excluding carboxylic acids is 1. The molecular weight excluding hydrogens is 398 g/mol. The molecule has 0 radical (unpaired) electrons. The second kappa shape index (κ2) is 8.00. The summed E-state index contributed by atoms with van der Waals surface area (Å²) in [6.07, 6.45) is 2.08. The van der Waals surface area contributed by atoms with Crippen molar-refractivity contribution in [2.45, 2.75) is 35.4 Å². The Morgan fingerprint density at radius 2 is 1.78 bits per heavy atom. The van der Waals surface area contributed by atoms with Crippen molar-refractivity contribution in [1.82, 2.24) is 10.2 Å². The standard InChI is InChI=1S/C20H18ClN3OS2/c1-13(25)24(17-11-12-17)19-22-23-20(27-19)26-18(14-5-3-2-4-6-14)15-7-9-16(21)10-8-15/h2-10,17-18H,11-12H2,1H3/t18-/m1/s1. The molecule has 1 amide bonds. The van der Waals surface area contributed by atoms with Gasteiger partial charge in [-0.1, -0.05) is 77.2 Å². The van der Waals surface area contributed by atoms with Crippen LogP contribution < -0.4 is 4.90 Å². The lowest BCUT2D eigenvalue weighted by Gasteiger charge is -2.17. The number of hydrogen-bond donors (Lipinski definition) is 0. The summed E-state index contributed by atoms with van der Waals surface area (Å²) in [5.41, 5.74) is 2.34. The number of amides is 1. The summed E-state index contributed by atoms with van der Waals surface area (Å²) in [6, 6.07) is 18.5. The van der Waals surface area contributed by atoms with Gasteiger partial charge in [-0.2, -0.15) is 0 Å². The Kier molecular flexibility index (Phi) is 5.48. The number of nitrogens with zero attached hydrogens (tertiary/aromatic N) is 3. The van der Waals surface area contributed by atoms with Crippen LogP contribution in [0, 0.1) is 0 Å². The Morgan fingerprint density at radius 3 is 2.41 bits per heavy atom. The van der Waals surface area contributed by atoms with Crippen LogP contribution in [0.5, 0.6) is 0 Å². The summed E-state index contributed by atoms with van der Waals surface area (Å²) in [6.45, 7) is 1.59. The normalized spacial score (nSPS) is 14.7. The minimum atomic E-state index is 0.0301. The van der Waals surface area contributed by atoms with Crippen molar-refractivity contribution < 1.29 is 4.79 Å². The lowest BCUT2D eigenvalue weighted by atomic mass is 10.0. The van der Waals surface area contributed by atoms with Crippen molar-refractivity contribution >= 4 is 45.7 Å². The summed E-state index contributed by atoms with van der Waals surface area (Å²) in [5, 5.41) is 10.1. The maximum atomic E-state index is 12.0. The average Bonchev–Trinajstić information content (AvgIpc) is 3.39. The fraction of sp³-hybridized carbons (Fsp3) is 0.250. The molecule has 0 saturated heterocycles. The monoisotopic (exact) mass is 415 g/mol. The van der Waals surface area contributed by atoms with Crippen molar-refractivity contribution in [3.63, 3.8) is 0 Å². The molecule has 1 fully saturated rings. The van der Waals surface area contributed by atoms with E-state index >= 15 is 0 Å². The molecule has 7 heteroatoms. The van der Waals surface area contributed by atoms with Gasteiger partial charge in [-0.3, -0.25) is 9.69 Å². The molecule has 0 spiro atoms. The first-order valence-electron chi connectivity index (χ1n) is 8.72. The molecule has 0 unspecified atom stereocenters. The van der Waals surface area contributed by atoms with Gasteiger partial charge in [0, 0.05) is 18.0 Å². The lowest BCUT2D eigenvalue weighted by molar-refractivity contribution is -0.116. The van der Waals surface area contributed by atoms with Crippen LogP contribution in [0.25, 0.3) is 0 Å². The molecule has 0 N–H and O–H groups in total. The van der Waals surface area contributed by atoms with Gasteiger partial charge in [-0.25, -0.2) is 0 Å². The van der Waals surface area contributed by atoms with Crippen LogP contribution in [-0.2, 0) is 4.79 Å². The highest BCUT2D eigenvalue weighted by atomic mass is 35.5. The molecule has 2 aromatic carbocycles. The van der Waals surface area contributed by atoms with E-state index in [-0.39, 0.29) is 17.2 Å². The second-order valence-corrected chi connectivity index (χ2v) is 9.18. The van der Waals surface area contributed by atoms with Gasteiger partial charge in [0.1, 0.15) is 0 Å². The van der Waals surface area contributed by atoms with Crippen molar-refractivity contribution in [3.8, 4) is 0 Å². The number of aromatic nitrogens is 2. The third-order valence-electron chi connectivity index (χ3n) is 4.35. The van der Waals surface area contributed by atoms with E-state index in [1.807, 2.05) is 42.5 Å². The van der Waals surface area contributed by atoms with Crippen LogP contribution >= 0.6 is 34.7 Å². The molecule has 1 heterocycles. The van der Waals surface area contributed by atoms with Crippen LogP contribution in [0.2, 0.25) is 5.02 Å². The van der Waals surface area contributed by atoms with E-state index < -0.39 is 0 Å². The van der Waals surface area contributed by atoms with E-state index in [0.717, 1.165) is 27.8 Å². The summed E-state index contributed by atoms with van der Waals surface area (Å²) < 4.78 is 0.848. The number of rotatable bonds is 6. The maximum Gasteiger partial charge on any atom is 0.225 e. The fourth-order valence-corrected chi connectivity index (χ4v) is 5.33. The predicted molar refractivity (Wildman–Crippen MR) is 112 cm³/mol. The summed E-state index contributed by atoms with van der Waals surface area (Å²) >= 11 is 9.19. The average molecular weight is 416 g/mol. The van der Waals surface area contributed by atoms with Gasteiger partial charge in [0.05, 0.1) is 5.25 Å². The third-order valence-corrected chi connectivity index (χ3v) is 6.92. The number of thioether (sulfide) groups is 1. The van der Waals surface area contributed by atoms with Crippen LogP contribution in [0.1, 0.15) is 36.1 Å². The minimum absolute atomic E-state index is 0.0301. The molecule has 1 atom stereocenters. The molecule has 0 aliphatic heterocycles. The summed E-state index contributed by atoms with van der Waals surface area (Å²) in [5.74, 6) is 0.0301. The Morgan fingerprint density at radius 1 is 1.11 bits per heavy atom. The summed E-state index contributed by atoms with van der Waals surface area (Å²) in [7, 11) is 0. The first kappa shape index (κ1) is 18.5. The van der Waals surface area contributed by atoms with Crippen LogP contribution in [-0.4, -0.2) is 22.1 Å². The minimum Gasteiger partial charge on any atom is -0.284 e. The van der Waals surface area contributed by atoms with Gasteiger partial charge < -0.3 is 0 Å². The van der Waals surface area contributed by atoms with Gasteiger partial charge in [0.2, 0.25) is 11.0 Å². The van der Waals surface area contributed by atoms with Crippen LogP contribution in [0.4, 0.5) is 5.13 Å². The molecule has 1 aliphatic rings. The van der Waals surface area contributed by atoms with Crippen molar-refractivity contribution in [2.75, 3.05) is 4.90 Å². The van der Waals surface area contributed by atoms with Crippen molar-refractivity contribution in [1.29, 1.82) is 0 Å².